The summed E-state index contributed by atoms with van der Waals surface area (Å²) in [7, 11) is 2.51. The Morgan fingerprint density at radius 1 is 1.15 bits per heavy atom. The number of halogens is 2. The average Bonchev–Trinajstić information content (AvgIpc) is 2.80. The number of aromatic nitrogens is 3. The Labute approximate surface area is 207 Å². The molecule has 34 heavy (non-hydrogen) atoms. The second kappa shape index (κ2) is 9.74. The van der Waals surface area contributed by atoms with Crippen molar-refractivity contribution >= 4 is 54.5 Å². The first-order valence-electron chi connectivity index (χ1n) is 9.64. The van der Waals surface area contributed by atoms with Gasteiger partial charge in [0.05, 0.1) is 9.26 Å². The molecule has 0 fully saturated rings. The summed E-state index contributed by atoms with van der Waals surface area (Å²) in [6, 6.07) is 11.3. The van der Waals surface area contributed by atoms with Gasteiger partial charge >= 0.3 is 5.69 Å². The summed E-state index contributed by atoms with van der Waals surface area (Å²) in [5.41, 5.74) is 4.43. The molecular weight excluding hydrogens is 575 g/mol. The molecule has 2 heterocycles. The van der Waals surface area contributed by atoms with Crippen LogP contribution in [-0.4, -0.2) is 20.4 Å². The summed E-state index contributed by atoms with van der Waals surface area (Å²) in [6.07, 6.45) is 2.57. The number of nitrogens with zero attached hydrogens (tertiary/aromatic N) is 2. The monoisotopic (exact) mass is 591 g/mol. The van der Waals surface area contributed by atoms with Crippen molar-refractivity contribution in [2.75, 3.05) is 11.1 Å². The highest BCUT2D eigenvalue weighted by molar-refractivity contribution is 14.1. The van der Waals surface area contributed by atoms with Gasteiger partial charge < -0.3 is 20.8 Å². The molecule has 4 aromatic rings. The van der Waals surface area contributed by atoms with Gasteiger partial charge in [0, 0.05) is 29.5 Å². The van der Waals surface area contributed by atoms with Crippen LogP contribution in [0.1, 0.15) is 10.4 Å². The number of H-pyrrole nitrogens is 1. The number of nitrogen functional groups attached to an aromatic ring is 1. The van der Waals surface area contributed by atoms with E-state index in [0.717, 1.165) is 22.9 Å². The van der Waals surface area contributed by atoms with Crippen LogP contribution in [0.2, 0.25) is 0 Å². The third kappa shape index (κ3) is 4.85. The number of benzene rings is 2. The van der Waals surface area contributed by atoms with Crippen LogP contribution in [0.25, 0.3) is 5.69 Å². The predicted molar refractivity (Wildman–Crippen MR) is 138 cm³/mol. The molecule has 2 aromatic carbocycles. The van der Waals surface area contributed by atoms with Crippen LogP contribution < -0.4 is 32.3 Å². The molecule has 0 aliphatic rings. The molecule has 1 unspecified atom stereocenters. The molecule has 0 saturated carbocycles. The Balaban J connectivity index is 1.59. The van der Waals surface area contributed by atoms with E-state index in [1.807, 2.05) is 22.6 Å². The SMILES string of the molecule is Nc1nccc(Oc2ccc(NC(=O)c3c[nH]c(=O)n(-c4ccc(F)cc4)c3=O)cc2P)c1I. The number of hydrogen-bond acceptors (Lipinski definition) is 6. The van der Waals surface area contributed by atoms with E-state index in [-0.39, 0.29) is 11.3 Å². The molecule has 1 amide bonds. The van der Waals surface area contributed by atoms with Crippen LogP contribution in [0.15, 0.2) is 70.5 Å². The van der Waals surface area contributed by atoms with Crippen LogP contribution in [0.5, 0.6) is 11.5 Å². The Morgan fingerprint density at radius 3 is 2.59 bits per heavy atom. The van der Waals surface area contributed by atoms with E-state index in [9.17, 15) is 18.8 Å². The highest BCUT2D eigenvalue weighted by atomic mass is 127. The summed E-state index contributed by atoms with van der Waals surface area (Å²) in [4.78, 5) is 44.2. The number of rotatable bonds is 5. The van der Waals surface area contributed by atoms with Gasteiger partial charge in [0.1, 0.15) is 28.7 Å². The zero-order chi connectivity index (χ0) is 24.4. The number of nitrogens with two attached hydrogens (primary N) is 1. The van der Waals surface area contributed by atoms with Crippen molar-refractivity contribution in [3.63, 3.8) is 0 Å². The number of carbonyl (C=O) groups is 1. The van der Waals surface area contributed by atoms with Crippen molar-refractivity contribution < 1.29 is 13.9 Å². The molecule has 0 spiro atoms. The number of amides is 1. The van der Waals surface area contributed by atoms with Crippen molar-refractivity contribution in [2.24, 2.45) is 0 Å². The van der Waals surface area contributed by atoms with E-state index in [4.69, 9.17) is 10.5 Å². The van der Waals surface area contributed by atoms with Crippen LogP contribution in [0.4, 0.5) is 15.9 Å². The maximum absolute atomic E-state index is 13.2. The molecule has 4 rings (SSSR count). The zero-order valence-electron chi connectivity index (χ0n) is 17.2. The normalized spacial score (nSPS) is 10.7. The number of anilines is 2. The van der Waals surface area contributed by atoms with E-state index in [1.165, 1.54) is 18.3 Å². The first-order chi connectivity index (χ1) is 16.2. The fraction of sp³-hybridized carbons (Fsp3) is 0. The second-order valence-electron chi connectivity index (χ2n) is 6.94. The lowest BCUT2D eigenvalue weighted by molar-refractivity contribution is 0.102. The van der Waals surface area contributed by atoms with Crippen molar-refractivity contribution in [1.82, 2.24) is 14.5 Å². The third-order valence-corrected chi connectivity index (χ3v) is 6.21. The van der Waals surface area contributed by atoms with E-state index >= 15 is 0 Å². The standard InChI is InChI=1S/C22H16FIN5O4P/c23-11-1-4-13(5-2-11)29-21(31)14(10-27-22(29)32)20(30)28-12-3-6-15(17(34)9-12)33-16-7-8-26-19(25)18(16)24/h1-10H,34H2,(H2,25,26)(H,27,32)(H,28,30). The number of ether oxygens (including phenoxy) is 1. The topological polar surface area (TPSA) is 132 Å². The minimum atomic E-state index is -0.844. The van der Waals surface area contributed by atoms with Crippen molar-refractivity contribution in [1.29, 1.82) is 0 Å². The van der Waals surface area contributed by atoms with E-state index in [2.05, 4.69) is 24.5 Å². The first kappa shape index (κ1) is 23.6. The quantitative estimate of drug-likeness (QED) is 0.242. The molecule has 0 radical (unpaired) electrons. The number of hydrogen-bond donors (Lipinski definition) is 3. The number of aromatic amines is 1. The summed E-state index contributed by atoms with van der Waals surface area (Å²) >= 11 is 2.03. The fourth-order valence-corrected chi connectivity index (χ4v) is 3.78. The molecule has 1 atom stereocenters. The summed E-state index contributed by atoms with van der Waals surface area (Å²) in [5, 5.41) is 3.26. The largest absolute Gasteiger partial charge is 0.455 e. The van der Waals surface area contributed by atoms with Crippen molar-refractivity contribution in [2.45, 2.75) is 0 Å². The van der Waals surface area contributed by atoms with Gasteiger partial charge in [-0.15, -0.1) is 9.24 Å². The van der Waals surface area contributed by atoms with Crippen LogP contribution in [0, 0.1) is 9.39 Å². The Kier molecular flexibility index (Phi) is 6.75. The van der Waals surface area contributed by atoms with Crippen LogP contribution in [-0.2, 0) is 0 Å². The average molecular weight is 591 g/mol. The molecule has 2 aromatic heterocycles. The van der Waals surface area contributed by atoms with Crippen molar-refractivity contribution in [3.8, 4) is 17.2 Å². The van der Waals surface area contributed by atoms with Gasteiger partial charge in [-0.1, -0.05) is 0 Å². The molecule has 172 valence electrons. The summed E-state index contributed by atoms with van der Waals surface area (Å²) < 4.78 is 20.5. The fourth-order valence-electron chi connectivity index (χ4n) is 3.02. The molecule has 12 heteroatoms. The third-order valence-electron chi connectivity index (χ3n) is 4.67. The highest BCUT2D eigenvalue weighted by Crippen LogP contribution is 2.29. The number of carbonyl (C=O) groups excluding carboxylic acids is 1. The number of pyridine rings is 1. The van der Waals surface area contributed by atoms with Gasteiger partial charge in [0.2, 0.25) is 0 Å². The van der Waals surface area contributed by atoms with Gasteiger partial charge in [-0.25, -0.2) is 18.7 Å². The minimum absolute atomic E-state index is 0.127. The Hall–Kier alpha value is -3.57. The molecule has 4 N–H and O–H groups in total. The minimum Gasteiger partial charge on any atom is -0.455 e. The van der Waals surface area contributed by atoms with Crippen LogP contribution in [0.3, 0.4) is 0 Å². The zero-order valence-corrected chi connectivity index (χ0v) is 20.5. The molecule has 0 aliphatic heterocycles. The van der Waals surface area contributed by atoms with E-state index < -0.39 is 23.0 Å². The predicted octanol–water partition coefficient (Wildman–Crippen LogP) is 2.79. The lowest BCUT2D eigenvalue weighted by Gasteiger charge is -2.13. The van der Waals surface area contributed by atoms with Gasteiger partial charge in [-0.3, -0.25) is 9.59 Å². The Morgan fingerprint density at radius 2 is 1.88 bits per heavy atom. The van der Waals surface area contributed by atoms with E-state index in [0.29, 0.717) is 31.9 Å². The molecule has 0 aliphatic carbocycles. The Bertz CT molecular complexity index is 1520. The van der Waals surface area contributed by atoms with E-state index in [1.54, 1.807) is 24.3 Å². The lowest BCUT2D eigenvalue weighted by atomic mass is 10.2. The molecular formula is C22H16FIN5O4P. The molecule has 0 bridgehead atoms. The maximum Gasteiger partial charge on any atom is 0.333 e. The first-order valence-corrected chi connectivity index (χ1v) is 11.3. The number of nitrogens with one attached hydrogen (secondary N) is 2. The smallest absolute Gasteiger partial charge is 0.333 e. The second-order valence-corrected chi connectivity index (χ2v) is 8.64. The molecule has 9 nitrogen and oxygen atoms in total. The highest BCUT2D eigenvalue weighted by Gasteiger charge is 2.17. The van der Waals surface area contributed by atoms with Gasteiger partial charge in [0.25, 0.3) is 11.5 Å². The van der Waals surface area contributed by atoms with Crippen molar-refractivity contribution in [3.05, 3.63) is 96.7 Å². The van der Waals surface area contributed by atoms with Gasteiger partial charge in [0.15, 0.2) is 0 Å². The van der Waals surface area contributed by atoms with Gasteiger partial charge in [-0.05, 0) is 65.1 Å². The summed E-state index contributed by atoms with van der Waals surface area (Å²) in [5.74, 6) is 0.133. The summed E-state index contributed by atoms with van der Waals surface area (Å²) in [6.45, 7) is 0. The van der Waals surface area contributed by atoms with Gasteiger partial charge in [-0.2, -0.15) is 0 Å². The van der Waals surface area contributed by atoms with Crippen LogP contribution >= 0.6 is 31.8 Å². The maximum atomic E-state index is 13.2. The molecule has 0 saturated heterocycles. The lowest BCUT2D eigenvalue weighted by Crippen LogP contribution is -2.38.